The molecule has 164 valence electrons. The fraction of sp³-hybridized carbons (Fsp3) is 0.273. The Bertz CT molecular complexity index is 1170. The maximum absolute atomic E-state index is 12.8. The molecule has 1 amide bonds. The molecule has 31 heavy (non-hydrogen) atoms. The molecule has 2 aromatic carbocycles. The molecule has 0 spiro atoms. The summed E-state index contributed by atoms with van der Waals surface area (Å²) >= 11 is 1.36. The van der Waals surface area contributed by atoms with Gasteiger partial charge in [0.15, 0.2) is 5.13 Å². The number of carbonyl (C=O) groups is 1. The van der Waals surface area contributed by atoms with Gasteiger partial charge in [0.25, 0.3) is 5.91 Å². The summed E-state index contributed by atoms with van der Waals surface area (Å²) in [6.07, 6.45) is 0. The lowest BCUT2D eigenvalue weighted by atomic mass is 10.1. The maximum atomic E-state index is 12.8. The van der Waals surface area contributed by atoms with Crippen LogP contribution in [0, 0.1) is 6.92 Å². The number of hydrogen-bond acceptors (Lipinski definition) is 6. The molecule has 9 heteroatoms. The van der Waals surface area contributed by atoms with E-state index in [9.17, 15) is 13.2 Å². The van der Waals surface area contributed by atoms with Crippen molar-refractivity contribution in [2.75, 3.05) is 25.5 Å². The molecule has 3 rings (SSSR count). The Morgan fingerprint density at radius 1 is 1.13 bits per heavy atom. The van der Waals surface area contributed by atoms with Crippen molar-refractivity contribution in [3.8, 4) is 17.0 Å². The van der Waals surface area contributed by atoms with Crippen LogP contribution in [0.15, 0.2) is 53.4 Å². The number of aromatic nitrogens is 1. The van der Waals surface area contributed by atoms with Crippen LogP contribution in [0.3, 0.4) is 0 Å². The molecule has 7 nitrogen and oxygen atoms in total. The van der Waals surface area contributed by atoms with Gasteiger partial charge in [-0.2, -0.15) is 4.31 Å². The third-order valence-corrected chi connectivity index (χ3v) is 7.75. The van der Waals surface area contributed by atoms with Gasteiger partial charge in [-0.3, -0.25) is 10.1 Å². The summed E-state index contributed by atoms with van der Waals surface area (Å²) in [6, 6.07) is 13.6. The van der Waals surface area contributed by atoms with E-state index >= 15 is 0 Å². The number of thiazole rings is 1. The molecule has 0 saturated heterocycles. The number of ether oxygens (including phenoxy) is 1. The highest BCUT2D eigenvalue weighted by Crippen LogP contribution is 2.31. The number of carbonyl (C=O) groups excluding carboxylic acids is 1. The van der Waals surface area contributed by atoms with Crippen molar-refractivity contribution in [1.29, 1.82) is 0 Å². The van der Waals surface area contributed by atoms with Crippen LogP contribution in [0.5, 0.6) is 5.75 Å². The number of hydrogen-bond donors (Lipinski definition) is 1. The van der Waals surface area contributed by atoms with E-state index in [1.807, 2.05) is 31.2 Å². The van der Waals surface area contributed by atoms with Crippen LogP contribution < -0.4 is 10.1 Å². The van der Waals surface area contributed by atoms with Crippen molar-refractivity contribution in [2.24, 2.45) is 0 Å². The topological polar surface area (TPSA) is 88.6 Å². The molecule has 1 N–H and O–H groups in total. The van der Waals surface area contributed by atoms with Crippen molar-refractivity contribution in [3.05, 3.63) is 59.0 Å². The Labute approximate surface area is 186 Å². The van der Waals surface area contributed by atoms with Gasteiger partial charge in [-0.25, -0.2) is 13.4 Å². The summed E-state index contributed by atoms with van der Waals surface area (Å²) < 4.78 is 32.0. The van der Waals surface area contributed by atoms with Crippen LogP contribution in [0.4, 0.5) is 5.13 Å². The van der Waals surface area contributed by atoms with E-state index in [4.69, 9.17) is 4.74 Å². The average molecular weight is 460 g/mol. The first kappa shape index (κ1) is 22.9. The second kappa shape index (κ2) is 9.59. The second-order valence-corrected chi connectivity index (χ2v) is 9.86. The number of methoxy groups -OCH3 is 1. The summed E-state index contributed by atoms with van der Waals surface area (Å²) in [6.45, 7) is 6.22. The lowest BCUT2D eigenvalue weighted by molar-refractivity contribution is 0.102. The number of nitrogens with zero attached hydrogens (tertiary/aromatic N) is 2. The van der Waals surface area contributed by atoms with E-state index in [0.717, 1.165) is 21.9 Å². The molecule has 0 aliphatic heterocycles. The first-order valence-electron chi connectivity index (χ1n) is 9.83. The van der Waals surface area contributed by atoms with Gasteiger partial charge in [-0.15, -0.1) is 11.3 Å². The van der Waals surface area contributed by atoms with Gasteiger partial charge in [0, 0.05) is 29.1 Å². The smallest absolute Gasteiger partial charge is 0.257 e. The van der Waals surface area contributed by atoms with E-state index in [-0.39, 0.29) is 10.5 Å². The lowest BCUT2D eigenvalue weighted by Gasteiger charge is -2.18. The van der Waals surface area contributed by atoms with Crippen LogP contribution in [0.1, 0.15) is 29.1 Å². The van der Waals surface area contributed by atoms with Gasteiger partial charge in [0.1, 0.15) is 5.75 Å². The van der Waals surface area contributed by atoms with E-state index in [0.29, 0.717) is 18.2 Å². The van der Waals surface area contributed by atoms with Crippen molar-refractivity contribution in [3.63, 3.8) is 0 Å². The van der Waals surface area contributed by atoms with Gasteiger partial charge in [0.2, 0.25) is 10.0 Å². The molecule has 0 aliphatic rings. The second-order valence-electron chi connectivity index (χ2n) is 6.72. The van der Waals surface area contributed by atoms with E-state index in [1.165, 1.54) is 27.8 Å². The van der Waals surface area contributed by atoms with Crippen molar-refractivity contribution < 1.29 is 17.9 Å². The predicted octanol–water partition coefficient (Wildman–Crippen LogP) is 4.41. The van der Waals surface area contributed by atoms with E-state index in [2.05, 4.69) is 10.3 Å². The standard InChI is InChI=1S/C22H25N3O4S2/c1-5-25(6-2)31(27,28)19-9-7-8-17(14-19)21(26)24-22-23-20(15(3)30-22)16-10-12-18(29-4)13-11-16/h7-14H,5-6H2,1-4H3,(H,23,24,26). The Hall–Kier alpha value is -2.75. The lowest BCUT2D eigenvalue weighted by Crippen LogP contribution is -2.30. The van der Waals surface area contributed by atoms with Crippen LogP contribution in [0.25, 0.3) is 11.3 Å². The number of sulfonamides is 1. The predicted molar refractivity (Wildman–Crippen MR) is 123 cm³/mol. The number of rotatable bonds is 8. The van der Waals surface area contributed by atoms with Crippen LogP contribution in [-0.2, 0) is 10.0 Å². The SMILES string of the molecule is CCN(CC)S(=O)(=O)c1cccc(C(=O)Nc2nc(-c3ccc(OC)cc3)c(C)s2)c1. The minimum absolute atomic E-state index is 0.0955. The molecule has 3 aromatic rings. The summed E-state index contributed by atoms with van der Waals surface area (Å²) in [7, 11) is -2.03. The van der Waals surface area contributed by atoms with Crippen LogP contribution >= 0.6 is 11.3 Å². The Morgan fingerprint density at radius 2 is 1.81 bits per heavy atom. The molecule has 0 unspecified atom stereocenters. The molecule has 0 atom stereocenters. The quantitative estimate of drug-likeness (QED) is 0.539. The zero-order chi connectivity index (χ0) is 22.6. The number of amides is 1. The van der Waals surface area contributed by atoms with Crippen molar-refractivity contribution in [2.45, 2.75) is 25.7 Å². The average Bonchev–Trinajstić information content (AvgIpc) is 3.14. The van der Waals surface area contributed by atoms with Gasteiger partial charge < -0.3 is 4.74 Å². The molecular weight excluding hydrogens is 434 g/mol. The minimum atomic E-state index is -3.64. The van der Waals surface area contributed by atoms with Crippen LogP contribution in [0.2, 0.25) is 0 Å². The highest BCUT2D eigenvalue weighted by atomic mass is 32.2. The zero-order valence-corrected chi connectivity index (χ0v) is 19.5. The summed E-state index contributed by atoms with van der Waals surface area (Å²) in [5.74, 6) is 0.344. The Morgan fingerprint density at radius 3 is 2.42 bits per heavy atom. The number of aryl methyl sites for hydroxylation is 1. The van der Waals surface area contributed by atoms with Gasteiger partial charge in [-0.1, -0.05) is 19.9 Å². The maximum Gasteiger partial charge on any atom is 0.257 e. The summed E-state index contributed by atoms with van der Waals surface area (Å²) in [4.78, 5) is 18.4. The first-order chi connectivity index (χ1) is 14.8. The normalized spacial score (nSPS) is 11.5. The molecule has 0 saturated carbocycles. The molecule has 1 heterocycles. The van der Waals surface area contributed by atoms with Gasteiger partial charge in [0.05, 0.1) is 17.7 Å². The number of nitrogens with one attached hydrogen (secondary N) is 1. The fourth-order valence-electron chi connectivity index (χ4n) is 3.15. The third-order valence-electron chi connectivity index (χ3n) is 4.82. The highest BCUT2D eigenvalue weighted by molar-refractivity contribution is 7.89. The largest absolute Gasteiger partial charge is 0.497 e. The van der Waals surface area contributed by atoms with Crippen LogP contribution in [-0.4, -0.2) is 43.8 Å². The van der Waals surface area contributed by atoms with Crippen molar-refractivity contribution >= 4 is 32.4 Å². The van der Waals surface area contributed by atoms with E-state index < -0.39 is 15.9 Å². The number of benzene rings is 2. The van der Waals surface area contributed by atoms with Gasteiger partial charge in [-0.05, 0) is 49.4 Å². The molecule has 0 bridgehead atoms. The highest BCUT2D eigenvalue weighted by Gasteiger charge is 2.23. The molecule has 0 fully saturated rings. The molecular formula is C22H25N3O4S2. The van der Waals surface area contributed by atoms with E-state index in [1.54, 1.807) is 33.1 Å². The van der Waals surface area contributed by atoms with Crippen molar-refractivity contribution in [1.82, 2.24) is 9.29 Å². The number of anilines is 1. The summed E-state index contributed by atoms with van der Waals surface area (Å²) in [5, 5.41) is 3.23. The van der Waals surface area contributed by atoms with Gasteiger partial charge >= 0.3 is 0 Å². The summed E-state index contributed by atoms with van der Waals surface area (Å²) in [5.41, 5.74) is 1.95. The minimum Gasteiger partial charge on any atom is -0.497 e. The molecule has 0 radical (unpaired) electrons. The Kier molecular flexibility index (Phi) is 7.09. The Balaban J connectivity index is 1.82. The zero-order valence-electron chi connectivity index (χ0n) is 17.9. The third kappa shape index (κ3) is 4.95. The molecule has 1 aromatic heterocycles. The monoisotopic (exact) mass is 459 g/mol. The fourth-order valence-corrected chi connectivity index (χ4v) is 5.48. The first-order valence-corrected chi connectivity index (χ1v) is 12.1. The molecule has 0 aliphatic carbocycles.